The highest BCUT2D eigenvalue weighted by atomic mass is 16.5. The van der Waals surface area contributed by atoms with E-state index in [1.165, 1.54) is 0 Å². The summed E-state index contributed by atoms with van der Waals surface area (Å²) in [5.41, 5.74) is 2.34. The summed E-state index contributed by atoms with van der Waals surface area (Å²) in [4.78, 5) is 25.2. The van der Waals surface area contributed by atoms with Crippen LogP contribution in [0, 0.1) is 0 Å². The molecule has 31 heavy (non-hydrogen) atoms. The highest BCUT2D eigenvalue weighted by Gasteiger charge is 2.11. The number of fused-ring (bicyclic) bond motifs is 1. The second kappa shape index (κ2) is 9.30. The zero-order valence-electron chi connectivity index (χ0n) is 17.3. The molecular weight excluding hydrogens is 390 g/mol. The number of hydrogen-bond acceptors (Lipinski definition) is 4. The smallest absolute Gasteiger partial charge is 0.344 e. The molecule has 5 nitrogen and oxygen atoms in total. The van der Waals surface area contributed by atoms with Crippen molar-refractivity contribution in [2.24, 2.45) is 0 Å². The van der Waals surface area contributed by atoms with E-state index in [-0.39, 0.29) is 5.91 Å². The van der Waals surface area contributed by atoms with E-state index in [0.717, 1.165) is 18.2 Å². The minimum absolute atomic E-state index is 0.247. The van der Waals surface area contributed by atoms with E-state index in [2.05, 4.69) is 12.2 Å². The number of carbonyl (C=O) groups excluding carboxylic acids is 1. The van der Waals surface area contributed by atoms with E-state index < -0.39 is 5.63 Å². The van der Waals surface area contributed by atoms with Gasteiger partial charge in [0.25, 0.3) is 5.91 Å². The van der Waals surface area contributed by atoms with Crippen LogP contribution in [0.5, 0.6) is 5.75 Å². The zero-order chi connectivity index (χ0) is 21.6. The van der Waals surface area contributed by atoms with Gasteiger partial charge in [-0.1, -0.05) is 49.7 Å². The Morgan fingerprint density at radius 1 is 0.968 bits per heavy atom. The molecule has 0 aliphatic heterocycles. The molecule has 5 heteroatoms. The fourth-order valence-corrected chi connectivity index (χ4v) is 3.29. The Labute approximate surface area is 180 Å². The van der Waals surface area contributed by atoms with E-state index in [4.69, 9.17) is 9.15 Å². The highest BCUT2D eigenvalue weighted by Crippen LogP contribution is 2.24. The lowest BCUT2D eigenvalue weighted by Crippen LogP contribution is -2.12. The maximum atomic E-state index is 12.7. The summed E-state index contributed by atoms with van der Waals surface area (Å²) in [6, 6.07) is 23.4. The normalized spacial score (nSPS) is 10.7. The molecule has 0 aliphatic carbocycles. The highest BCUT2D eigenvalue weighted by molar-refractivity contribution is 6.04. The molecule has 1 N–H and O–H groups in total. The predicted molar refractivity (Wildman–Crippen MR) is 123 cm³/mol. The average molecular weight is 413 g/mol. The number of anilines is 1. The first kappa shape index (κ1) is 20.4. The van der Waals surface area contributed by atoms with Crippen LogP contribution in [0.4, 0.5) is 5.69 Å². The van der Waals surface area contributed by atoms with Crippen molar-refractivity contribution in [1.29, 1.82) is 0 Å². The van der Waals surface area contributed by atoms with Gasteiger partial charge in [-0.25, -0.2) is 4.79 Å². The summed E-state index contributed by atoms with van der Waals surface area (Å²) >= 11 is 0. The van der Waals surface area contributed by atoms with Gasteiger partial charge in [0.2, 0.25) is 0 Å². The van der Waals surface area contributed by atoms with Crippen molar-refractivity contribution in [3.05, 3.63) is 94.8 Å². The number of amides is 1. The van der Waals surface area contributed by atoms with Crippen molar-refractivity contribution in [2.75, 3.05) is 11.9 Å². The van der Waals surface area contributed by atoms with Gasteiger partial charge in [-0.2, -0.15) is 0 Å². The lowest BCUT2D eigenvalue weighted by molar-refractivity contribution is 0.102. The van der Waals surface area contributed by atoms with Gasteiger partial charge < -0.3 is 14.5 Å². The SMILES string of the molecule is CCCCOc1cccc(C(=O)Nc2cccc(-c3cc4ccccc4oc3=O)c2)c1. The average Bonchev–Trinajstić information content (AvgIpc) is 2.79. The second-order valence-electron chi connectivity index (χ2n) is 7.25. The number of hydrogen-bond donors (Lipinski definition) is 1. The van der Waals surface area contributed by atoms with Crippen LogP contribution in [-0.2, 0) is 0 Å². The first-order valence-corrected chi connectivity index (χ1v) is 10.3. The second-order valence-corrected chi connectivity index (χ2v) is 7.25. The van der Waals surface area contributed by atoms with Crippen LogP contribution in [0.3, 0.4) is 0 Å². The van der Waals surface area contributed by atoms with Crippen molar-refractivity contribution < 1.29 is 13.9 Å². The maximum absolute atomic E-state index is 12.7. The largest absolute Gasteiger partial charge is 0.494 e. The molecule has 0 radical (unpaired) electrons. The lowest BCUT2D eigenvalue weighted by atomic mass is 10.1. The van der Waals surface area contributed by atoms with Crippen molar-refractivity contribution in [2.45, 2.75) is 19.8 Å². The van der Waals surface area contributed by atoms with Gasteiger partial charge in [-0.3, -0.25) is 4.79 Å². The number of ether oxygens (including phenoxy) is 1. The molecule has 4 aromatic rings. The van der Waals surface area contributed by atoms with Crippen molar-refractivity contribution in [3.8, 4) is 16.9 Å². The molecule has 0 saturated heterocycles. The molecule has 1 amide bonds. The summed E-state index contributed by atoms with van der Waals surface area (Å²) in [7, 11) is 0. The van der Waals surface area contributed by atoms with Crippen molar-refractivity contribution >= 4 is 22.6 Å². The lowest BCUT2D eigenvalue weighted by Gasteiger charge is -2.10. The van der Waals surface area contributed by atoms with Gasteiger partial charge in [0.15, 0.2) is 0 Å². The predicted octanol–water partition coefficient (Wildman–Crippen LogP) is 5.89. The number of nitrogens with one attached hydrogen (secondary N) is 1. The summed E-state index contributed by atoms with van der Waals surface area (Å²) in [6.45, 7) is 2.72. The minimum Gasteiger partial charge on any atom is -0.494 e. The number of para-hydroxylation sites is 1. The van der Waals surface area contributed by atoms with Crippen LogP contribution < -0.4 is 15.7 Å². The fourth-order valence-electron chi connectivity index (χ4n) is 3.29. The number of unbranched alkanes of at least 4 members (excludes halogenated alkanes) is 1. The third kappa shape index (κ3) is 4.83. The van der Waals surface area contributed by atoms with E-state index in [1.807, 2.05) is 30.3 Å². The monoisotopic (exact) mass is 413 g/mol. The molecule has 0 atom stereocenters. The molecule has 4 rings (SSSR count). The molecule has 0 spiro atoms. The summed E-state index contributed by atoms with van der Waals surface area (Å²) in [5.74, 6) is 0.423. The third-order valence-electron chi connectivity index (χ3n) is 4.94. The minimum atomic E-state index is -0.417. The molecule has 0 bridgehead atoms. The van der Waals surface area contributed by atoms with Crippen LogP contribution >= 0.6 is 0 Å². The molecule has 1 heterocycles. The summed E-state index contributed by atoms with van der Waals surface area (Å²) in [5, 5.41) is 3.73. The Morgan fingerprint density at radius 3 is 2.68 bits per heavy atom. The number of rotatable bonds is 7. The van der Waals surface area contributed by atoms with E-state index in [0.29, 0.717) is 40.3 Å². The summed E-state index contributed by atoms with van der Waals surface area (Å²) < 4.78 is 11.1. The van der Waals surface area contributed by atoms with Crippen LogP contribution in [0.1, 0.15) is 30.1 Å². The standard InChI is InChI=1S/C26H23NO4/c1-2-3-14-30-22-12-7-10-20(16-22)25(28)27-21-11-6-9-18(15-21)23-17-19-8-4-5-13-24(19)31-26(23)29/h4-13,15-17H,2-3,14H2,1H3,(H,27,28). The van der Waals surface area contributed by atoms with Crippen molar-refractivity contribution in [3.63, 3.8) is 0 Å². The van der Waals surface area contributed by atoms with Crippen molar-refractivity contribution in [1.82, 2.24) is 0 Å². The number of benzene rings is 3. The van der Waals surface area contributed by atoms with E-state index in [9.17, 15) is 9.59 Å². The molecule has 0 fully saturated rings. The quantitative estimate of drug-likeness (QED) is 0.303. The molecule has 0 aliphatic rings. The van der Waals surface area contributed by atoms with Crippen LogP contribution in [0.25, 0.3) is 22.1 Å². The van der Waals surface area contributed by atoms with E-state index >= 15 is 0 Å². The molecular formula is C26H23NO4. The first-order chi connectivity index (χ1) is 15.1. The van der Waals surface area contributed by atoms with Crippen LogP contribution in [-0.4, -0.2) is 12.5 Å². The van der Waals surface area contributed by atoms with Crippen LogP contribution in [0.15, 0.2) is 88.1 Å². The topological polar surface area (TPSA) is 68.5 Å². The Bertz CT molecular complexity index is 1280. The molecule has 0 unspecified atom stereocenters. The van der Waals surface area contributed by atoms with E-state index in [1.54, 1.807) is 48.5 Å². The Morgan fingerprint density at radius 2 is 1.81 bits per heavy atom. The summed E-state index contributed by atoms with van der Waals surface area (Å²) in [6.07, 6.45) is 2.01. The first-order valence-electron chi connectivity index (χ1n) is 10.3. The van der Waals surface area contributed by atoms with Gasteiger partial charge in [-0.05, 0) is 54.4 Å². The number of carbonyl (C=O) groups is 1. The Kier molecular flexibility index (Phi) is 6.13. The molecule has 3 aromatic carbocycles. The van der Waals surface area contributed by atoms with Gasteiger partial charge in [0.05, 0.1) is 12.2 Å². The Balaban J connectivity index is 1.56. The third-order valence-corrected chi connectivity index (χ3v) is 4.94. The van der Waals surface area contributed by atoms with Gasteiger partial charge in [0, 0.05) is 16.6 Å². The van der Waals surface area contributed by atoms with Gasteiger partial charge in [0.1, 0.15) is 11.3 Å². The van der Waals surface area contributed by atoms with Crippen LogP contribution in [0.2, 0.25) is 0 Å². The fraction of sp³-hybridized carbons (Fsp3) is 0.154. The van der Waals surface area contributed by atoms with Gasteiger partial charge >= 0.3 is 5.63 Å². The van der Waals surface area contributed by atoms with Gasteiger partial charge in [-0.15, -0.1) is 0 Å². The Hall–Kier alpha value is -3.86. The molecule has 0 saturated carbocycles. The zero-order valence-corrected chi connectivity index (χ0v) is 17.3. The molecule has 1 aromatic heterocycles. The maximum Gasteiger partial charge on any atom is 0.344 e. The molecule has 156 valence electrons.